The third-order valence-corrected chi connectivity index (χ3v) is 6.83. The average Bonchev–Trinajstić information content (AvgIpc) is 2.94. The highest BCUT2D eigenvalue weighted by Gasteiger charge is 2.22. The van der Waals surface area contributed by atoms with E-state index in [4.69, 9.17) is 23.7 Å². The topological polar surface area (TPSA) is 93.2 Å². The summed E-state index contributed by atoms with van der Waals surface area (Å²) in [5, 5.41) is 0. The number of unbranched alkanes of at least 4 members (excludes halogenated alkanes) is 10. The smallest absolute Gasteiger partial charge is 0.357 e. The molecule has 39 heavy (non-hydrogen) atoms. The summed E-state index contributed by atoms with van der Waals surface area (Å²) >= 11 is 0. The summed E-state index contributed by atoms with van der Waals surface area (Å²) in [5.41, 5.74) is 0.177. The molecule has 8 heteroatoms. The number of hydrogen-bond acceptors (Lipinski definition) is 8. The quantitative estimate of drug-likeness (QED) is 0.187. The molecule has 0 aromatic carbocycles. The van der Waals surface area contributed by atoms with Gasteiger partial charge < -0.3 is 23.7 Å². The van der Waals surface area contributed by atoms with Crippen LogP contribution in [0.5, 0.6) is 0 Å². The second kappa shape index (κ2) is 21.8. The molecule has 0 saturated carbocycles. The van der Waals surface area contributed by atoms with Crippen LogP contribution >= 0.6 is 0 Å². The third-order valence-electron chi connectivity index (χ3n) is 6.83. The summed E-state index contributed by atoms with van der Waals surface area (Å²) < 4.78 is 28.7. The van der Waals surface area contributed by atoms with Crippen molar-refractivity contribution in [1.82, 2.24) is 4.98 Å². The van der Waals surface area contributed by atoms with Crippen LogP contribution in [0.1, 0.15) is 125 Å². The van der Waals surface area contributed by atoms with E-state index in [0.717, 1.165) is 25.7 Å². The van der Waals surface area contributed by atoms with Crippen LogP contribution in [0.4, 0.5) is 0 Å². The Balaban J connectivity index is 2.00. The first-order chi connectivity index (χ1) is 19.1. The molecular formula is C31H51NO7. The Labute approximate surface area is 235 Å². The zero-order valence-electron chi connectivity index (χ0n) is 24.3. The predicted octanol–water partition coefficient (Wildman–Crippen LogP) is 6.70. The van der Waals surface area contributed by atoms with Crippen LogP contribution in [0, 0.1) is 0 Å². The molecule has 1 aromatic rings. The maximum absolute atomic E-state index is 12.9. The minimum atomic E-state index is -0.562. The van der Waals surface area contributed by atoms with E-state index in [1.54, 1.807) is 18.2 Å². The molecule has 2 unspecified atom stereocenters. The largest absolute Gasteiger partial charge is 0.455 e. The predicted molar refractivity (Wildman–Crippen MR) is 151 cm³/mol. The monoisotopic (exact) mass is 549 g/mol. The van der Waals surface area contributed by atoms with Crippen molar-refractivity contribution in [3.8, 4) is 0 Å². The first kappa shape index (κ1) is 33.2. The van der Waals surface area contributed by atoms with Gasteiger partial charge in [0.05, 0.1) is 39.6 Å². The molecule has 222 valence electrons. The molecule has 0 fully saturated rings. The lowest BCUT2D eigenvalue weighted by atomic mass is 10.1. The Morgan fingerprint density at radius 2 is 1.03 bits per heavy atom. The van der Waals surface area contributed by atoms with Gasteiger partial charge in [-0.3, -0.25) is 0 Å². The van der Waals surface area contributed by atoms with Gasteiger partial charge in [0, 0.05) is 0 Å². The summed E-state index contributed by atoms with van der Waals surface area (Å²) in [7, 11) is 0. The first-order valence-electron chi connectivity index (χ1n) is 15.3. The second-order valence-electron chi connectivity index (χ2n) is 10.3. The van der Waals surface area contributed by atoms with E-state index in [2.05, 4.69) is 18.8 Å². The van der Waals surface area contributed by atoms with E-state index in [-0.39, 0.29) is 23.6 Å². The van der Waals surface area contributed by atoms with Crippen molar-refractivity contribution in [1.29, 1.82) is 0 Å². The third kappa shape index (κ3) is 15.4. The Morgan fingerprint density at radius 3 is 1.49 bits per heavy atom. The Hall–Kier alpha value is -2.03. The number of carbonyl (C=O) groups excluding carboxylic acids is 2. The van der Waals surface area contributed by atoms with Crippen molar-refractivity contribution in [3.05, 3.63) is 29.6 Å². The van der Waals surface area contributed by atoms with Gasteiger partial charge in [0.1, 0.15) is 23.6 Å². The van der Waals surface area contributed by atoms with Gasteiger partial charge in [-0.25, -0.2) is 14.6 Å². The number of esters is 2. The van der Waals surface area contributed by atoms with Gasteiger partial charge in [-0.15, -0.1) is 0 Å². The van der Waals surface area contributed by atoms with Gasteiger partial charge in [0.25, 0.3) is 0 Å². The molecule has 2 atom stereocenters. The molecule has 0 radical (unpaired) electrons. The molecule has 2 rings (SSSR count). The fourth-order valence-corrected chi connectivity index (χ4v) is 4.51. The van der Waals surface area contributed by atoms with Crippen molar-refractivity contribution in [2.24, 2.45) is 0 Å². The Morgan fingerprint density at radius 1 is 0.615 bits per heavy atom. The maximum atomic E-state index is 12.9. The maximum Gasteiger partial charge on any atom is 0.357 e. The normalized spacial score (nSPS) is 20.1. The molecule has 0 aliphatic carbocycles. The molecule has 0 spiro atoms. The molecule has 2 heterocycles. The van der Waals surface area contributed by atoms with E-state index in [1.165, 1.54) is 51.4 Å². The van der Waals surface area contributed by atoms with Gasteiger partial charge in [-0.2, -0.15) is 0 Å². The van der Waals surface area contributed by atoms with E-state index >= 15 is 0 Å². The molecule has 0 amide bonds. The lowest BCUT2D eigenvalue weighted by Gasteiger charge is -2.20. The molecule has 0 N–H and O–H groups in total. The number of hydrogen-bond donors (Lipinski definition) is 0. The average molecular weight is 550 g/mol. The second-order valence-corrected chi connectivity index (χ2v) is 10.3. The number of fused-ring (bicyclic) bond motifs is 2. The van der Waals surface area contributed by atoms with Crippen molar-refractivity contribution >= 4 is 11.9 Å². The van der Waals surface area contributed by atoms with E-state index in [9.17, 15) is 9.59 Å². The van der Waals surface area contributed by atoms with Gasteiger partial charge in [0.15, 0.2) is 0 Å². The number of carbonyl (C=O) groups is 2. The minimum absolute atomic E-state index is 0.0885. The summed E-state index contributed by atoms with van der Waals surface area (Å²) in [5.74, 6) is -1.12. The highest BCUT2D eigenvalue weighted by molar-refractivity contribution is 5.91. The van der Waals surface area contributed by atoms with Gasteiger partial charge in [0.2, 0.25) is 0 Å². The highest BCUT2D eigenvalue weighted by Crippen LogP contribution is 2.15. The zero-order chi connectivity index (χ0) is 28.0. The lowest BCUT2D eigenvalue weighted by Crippen LogP contribution is -2.27. The fraction of sp³-hybridized carbons (Fsp3) is 0.774. The Kier molecular flexibility index (Phi) is 18.5. The number of nitrogens with zero attached hydrogens (tertiary/aromatic N) is 1. The molecule has 1 aromatic heterocycles. The highest BCUT2D eigenvalue weighted by atomic mass is 16.6. The molecular weight excluding hydrogens is 498 g/mol. The Bertz CT molecular complexity index is 729. The van der Waals surface area contributed by atoms with Gasteiger partial charge in [-0.05, 0) is 37.8 Å². The number of ether oxygens (including phenoxy) is 5. The molecule has 1 aliphatic heterocycles. The van der Waals surface area contributed by atoms with Crippen LogP contribution in [0.25, 0.3) is 0 Å². The standard InChI is InChI=1S/C31H51NO7/c1-3-5-7-9-11-13-16-26-24-36-22-20-35-21-23-37-25-27(17-14-12-10-8-6-4-2)39-31(34)29-19-15-18-28(32-29)30(33)38-26/h15,18-19,26-27H,3-14,16-17,20-25H2,1-2H3. The van der Waals surface area contributed by atoms with Gasteiger partial charge >= 0.3 is 11.9 Å². The van der Waals surface area contributed by atoms with Crippen molar-refractivity contribution < 1.29 is 33.3 Å². The summed E-state index contributed by atoms with van der Waals surface area (Å²) in [6.07, 6.45) is 14.5. The summed E-state index contributed by atoms with van der Waals surface area (Å²) in [4.78, 5) is 30.2. The summed E-state index contributed by atoms with van der Waals surface area (Å²) in [6.45, 7) is 6.68. The van der Waals surface area contributed by atoms with Crippen molar-refractivity contribution in [2.45, 2.75) is 116 Å². The SMILES string of the molecule is CCCCCCCCC1COCCOCCOCC(CCCCCCCC)OC(=O)c2cccc(n2)C(=O)O1. The molecule has 2 bridgehead atoms. The van der Waals surface area contributed by atoms with Crippen LogP contribution in [-0.2, 0) is 23.7 Å². The van der Waals surface area contributed by atoms with Crippen LogP contribution in [0.3, 0.4) is 0 Å². The number of rotatable bonds is 14. The van der Waals surface area contributed by atoms with Crippen LogP contribution in [0.15, 0.2) is 18.2 Å². The molecule has 1 aliphatic rings. The molecule has 8 nitrogen and oxygen atoms in total. The first-order valence-corrected chi connectivity index (χ1v) is 15.3. The van der Waals surface area contributed by atoms with Crippen LogP contribution in [0.2, 0.25) is 0 Å². The van der Waals surface area contributed by atoms with E-state index in [0.29, 0.717) is 52.5 Å². The number of cyclic esters (lactones) is 2. The van der Waals surface area contributed by atoms with Crippen molar-refractivity contribution in [2.75, 3.05) is 39.6 Å². The summed E-state index contributed by atoms with van der Waals surface area (Å²) in [6, 6.07) is 4.75. The number of aromatic nitrogens is 1. The van der Waals surface area contributed by atoms with E-state index < -0.39 is 11.9 Å². The van der Waals surface area contributed by atoms with Crippen molar-refractivity contribution in [3.63, 3.8) is 0 Å². The van der Waals surface area contributed by atoms with Crippen LogP contribution < -0.4 is 0 Å². The van der Waals surface area contributed by atoms with Gasteiger partial charge in [-0.1, -0.05) is 84.1 Å². The van der Waals surface area contributed by atoms with E-state index in [1.807, 2.05) is 0 Å². The van der Waals surface area contributed by atoms with Crippen LogP contribution in [-0.4, -0.2) is 68.8 Å². The minimum Gasteiger partial charge on any atom is -0.455 e. The number of pyridine rings is 1. The molecule has 0 saturated heterocycles. The fourth-order valence-electron chi connectivity index (χ4n) is 4.51. The zero-order valence-corrected chi connectivity index (χ0v) is 24.3. The lowest BCUT2D eigenvalue weighted by molar-refractivity contribution is -0.0373.